The minimum absolute atomic E-state index is 0.274. The maximum absolute atomic E-state index is 13.9. The monoisotopic (exact) mass is 625 g/mol. The number of aromatic nitrogens is 1. The van der Waals surface area contributed by atoms with Crippen molar-refractivity contribution in [2.45, 2.75) is 16.2 Å². The molecule has 2 aliphatic heterocycles. The number of thiazole rings is 1. The Kier molecular flexibility index (Phi) is 7.52. The number of nitrogens with zero attached hydrogens (tertiary/aromatic N) is 1. The molecule has 2 unspecified atom stereocenters. The van der Waals surface area contributed by atoms with Gasteiger partial charge in [0, 0.05) is 21.5 Å². The molecular formula is C29H21ClFN3O6S2. The number of methoxy groups -OCH3 is 1. The van der Waals surface area contributed by atoms with Crippen molar-refractivity contribution in [3.05, 3.63) is 97.7 Å². The van der Waals surface area contributed by atoms with Gasteiger partial charge in [0.05, 0.1) is 23.7 Å². The number of fused-ring (bicyclic) bond motifs is 2. The number of ether oxygens (including phenoxy) is 2. The van der Waals surface area contributed by atoms with Crippen molar-refractivity contribution in [3.63, 3.8) is 0 Å². The van der Waals surface area contributed by atoms with Crippen LogP contribution in [0, 0.1) is 11.7 Å². The van der Waals surface area contributed by atoms with Crippen molar-refractivity contribution in [2.24, 2.45) is 5.92 Å². The molecule has 1 aromatic heterocycles. The van der Waals surface area contributed by atoms with Crippen LogP contribution >= 0.6 is 34.7 Å². The molecule has 1 fully saturated rings. The Bertz CT molecular complexity index is 1760. The SMILES string of the molecule is COc1cc([C@H]2c3sc(=O)[nH]c3SC3C(=O)N(c4ccc(Cl)cc4)C(=O)C32)ccc1OCC(=O)Nc1ccc(F)cc1. The maximum Gasteiger partial charge on any atom is 0.305 e. The topological polar surface area (TPSA) is 118 Å². The number of rotatable bonds is 7. The fourth-order valence-electron chi connectivity index (χ4n) is 5.09. The molecule has 2 aliphatic rings. The first kappa shape index (κ1) is 28.0. The van der Waals surface area contributed by atoms with Crippen molar-refractivity contribution in [1.29, 1.82) is 0 Å². The van der Waals surface area contributed by atoms with Crippen LogP contribution in [0.4, 0.5) is 15.8 Å². The summed E-state index contributed by atoms with van der Waals surface area (Å²) >= 11 is 8.20. The number of carbonyl (C=O) groups is 3. The molecule has 0 spiro atoms. The van der Waals surface area contributed by atoms with Gasteiger partial charge in [0.1, 0.15) is 11.1 Å². The lowest BCUT2D eigenvalue weighted by Crippen LogP contribution is -2.32. The highest BCUT2D eigenvalue weighted by Crippen LogP contribution is 2.53. The molecule has 13 heteroatoms. The van der Waals surface area contributed by atoms with Gasteiger partial charge < -0.3 is 19.8 Å². The van der Waals surface area contributed by atoms with Crippen molar-refractivity contribution >= 4 is 63.8 Å². The number of hydrogen-bond donors (Lipinski definition) is 2. The third-order valence-electron chi connectivity index (χ3n) is 6.94. The summed E-state index contributed by atoms with van der Waals surface area (Å²) in [5, 5.41) is 2.89. The molecule has 3 atom stereocenters. The first-order valence-electron chi connectivity index (χ1n) is 12.6. The second-order valence-electron chi connectivity index (χ2n) is 9.49. The summed E-state index contributed by atoms with van der Waals surface area (Å²) in [6.07, 6.45) is 0. The zero-order chi connectivity index (χ0) is 29.5. The van der Waals surface area contributed by atoms with Crippen LogP contribution in [-0.2, 0) is 14.4 Å². The Hall–Kier alpha value is -4.13. The molecular weight excluding hydrogens is 605 g/mol. The highest BCUT2D eigenvalue weighted by molar-refractivity contribution is 8.00. The molecule has 42 heavy (non-hydrogen) atoms. The smallest absolute Gasteiger partial charge is 0.305 e. The van der Waals surface area contributed by atoms with Crippen molar-refractivity contribution in [2.75, 3.05) is 23.9 Å². The number of aromatic amines is 1. The molecule has 0 aliphatic carbocycles. The van der Waals surface area contributed by atoms with E-state index in [4.69, 9.17) is 21.1 Å². The zero-order valence-electron chi connectivity index (χ0n) is 21.8. The third-order valence-corrected chi connectivity index (χ3v) is 9.60. The molecule has 0 bridgehead atoms. The highest BCUT2D eigenvalue weighted by Gasteiger charge is 2.56. The molecule has 4 aromatic rings. The predicted octanol–water partition coefficient (Wildman–Crippen LogP) is 5.05. The van der Waals surface area contributed by atoms with Crippen LogP contribution in [0.3, 0.4) is 0 Å². The fraction of sp³-hybridized carbons (Fsp3) is 0.172. The number of halogens is 2. The average molecular weight is 626 g/mol. The lowest BCUT2D eigenvalue weighted by Gasteiger charge is -2.30. The van der Waals surface area contributed by atoms with Gasteiger partial charge in [-0.3, -0.25) is 19.2 Å². The summed E-state index contributed by atoms with van der Waals surface area (Å²) in [7, 11) is 1.44. The number of thioether (sulfide) groups is 1. The van der Waals surface area contributed by atoms with Crippen LogP contribution < -0.4 is 24.6 Å². The normalized spacial score (nSPS) is 19.3. The number of H-pyrrole nitrogens is 1. The fourth-order valence-corrected chi connectivity index (χ4v) is 7.73. The average Bonchev–Trinajstić information content (AvgIpc) is 3.47. The lowest BCUT2D eigenvalue weighted by atomic mass is 9.83. The highest BCUT2D eigenvalue weighted by atomic mass is 35.5. The minimum Gasteiger partial charge on any atom is -0.493 e. The molecule has 6 rings (SSSR count). The third kappa shape index (κ3) is 5.17. The second kappa shape index (κ2) is 11.3. The number of nitrogens with one attached hydrogen (secondary N) is 2. The van der Waals surface area contributed by atoms with Gasteiger partial charge in [-0.25, -0.2) is 9.29 Å². The van der Waals surface area contributed by atoms with Gasteiger partial charge >= 0.3 is 4.87 Å². The summed E-state index contributed by atoms with van der Waals surface area (Å²) in [5.41, 5.74) is 1.47. The van der Waals surface area contributed by atoms with Gasteiger partial charge in [0.25, 0.3) is 5.91 Å². The molecule has 3 amide bonds. The van der Waals surface area contributed by atoms with Crippen molar-refractivity contribution < 1.29 is 28.2 Å². The largest absolute Gasteiger partial charge is 0.493 e. The summed E-state index contributed by atoms with van der Waals surface area (Å²) in [5.74, 6) is -2.46. The Morgan fingerprint density at radius 2 is 1.76 bits per heavy atom. The van der Waals surface area contributed by atoms with E-state index in [9.17, 15) is 23.6 Å². The molecule has 0 radical (unpaired) electrons. The number of carbonyl (C=O) groups excluding carboxylic acids is 3. The van der Waals surface area contributed by atoms with E-state index in [-0.39, 0.29) is 29.0 Å². The van der Waals surface area contributed by atoms with Gasteiger partial charge in [-0.1, -0.05) is 40.8 Å². The van der Waals surface area contributed by atoms with E-state index >= 15 is 0 Å². The minimum atomic E-state index is -0.782. The second-order valence-corrected chi connectivity index (χ2v) is 12.1. The van der Waals surface area contributed by atoms with Crippen LogP contribution in [0.5, 0.6) is 11.5 Å². The summed E-state index contributed by atoms with van der Waals surface area (Å²) in [6.45, 7) is -0.343. The maximum atomic E-state index is 13.9. The van der Waals surface area contributed by atoms with E-state index in [1.807, 2.05) is 0 Å². The number of imide groups is 1. The standard InChI is InChI=1S/C29H21ClFN3O6S2/c1-39-20-12-14(2-11-19(20)40-13-21(35)32-17-7-5-16(31)6-8-17)22-23-25(41-26-24(22)42-29(38)33-26)28(37)34(27(23)36)18-9-3-15(30)4-10-18/h2-12,22-23,25H,13H2,1H3,(H,32,35)(H,33,38)/t22-,23?,25?/m1/s1. The molecule has 1 saturated heterocycles. The van der Waals surface area contributed by atoms with E-state index in [2.05, 4.69) is 10.3 Å². The first-order chi connectivity index (χ1) is 20.2. The van der Waals surface area contributed by atoms with Gasteiger partial charge in [-0.2, -0.15) is 0 Å². The molecule has 9 nitrogen and oxygen atoms in total. The van der Waals surface area contributed by atoms with Gasteiger partial charge in [0.15, 0.2) is 18.1 Å². The molecule has 0 saturated carbocycles. The number of hydrogen-bond acceptors (Lipinski definition) is 8. The molecule has 3 heterocycles. The van der Waals surface area contributed by atoms with E-state index in [0.717, 1.165) is 11.3 Å². The van der Waals surface area contributed by atoms with Crippen LogP contribution in [0.2, 0.25) is 5.02 Å². The number of amides is 3. The Balaban J connectivity index is 1.29. The summed E-state index contributed by atoms with van der Waals surface area (Å²) < 4.78 is 24.4. The van der Waals surface area contributed by atoms with Crippen molar-refractivity contribution in [1.82, 2.24) is 4.98 Å². The van der Waals surface area contributed by atoms with E-state index in [1.165, 1.54) is 48.0 Å². The van der Waals surface area contributed by atoms with E-state index in [1.54, 1.807) is 42.5 Å². The van der Waals surface area contributed by atoms with Crippen LogP contribution in [0.25, 0.3) is 0 Å². The van der Waals surface area contributed by atoms with Gasteiger partial charge in [-0.15, -0.1) is 0 Å². The molecule has 3 aromatic carbocycles. The van der Waals surface area contributed by atoms with E-state index in [0.29, 0.717) is 37.6 Å². The van der Waals surface area contributed by atoms with Crippen LogP contribution in [0.15, 0.2) is 76.6 Å². The predicted molar refractivity (Wildman–Crippen MR) is 157 cm³/mol. The summed E-state index contributed by atoms with van der Waals surface area (Å²) in [4.78, 5) is 56.5. The van der Waals surface area contributed by atoms with Crippen LogP contribution in [-0.4, -0.2) is 41.7 Å². The van der Waals surface area contributed by atoms with Gasteiger partial charge in [0.2, 0.25) is 11.8 Å². The first-order valence-corrected chi connectivity index (χ1v) is 14.7. The quantitative estimate of drug-likeness (QED) is 0.276. The Morgan fingerprint density at radius 1 is 1.02 bits per heavy atom. The van der Waals surface area contributed by atoms with Crippen LogP contribution in [0.1, 0.15) is 16.4 Å². The number of benzene rings is 3. The van der Waals surface area contributed by atoms with Gasteiger partial charge in [-0.05, 0) is 66.2 Å². The van der Waals surface area contributed by atoms with E-state index < -0.39 is 28.8 Å². The van der Waals surface area contributed by atoms with Crippen molar-refractivity contribution in [3.8, 4) is 11.5 Å². The molecule has 2 N–H and O–H groups in total. The lowest BCUT2D eigenvalue weighted by molar-refractivity contribution is -0.122. The summed E-state index contributed by atoms with van der Waals surface area (Å²) in [6, 6.07) is 16.8. The molecule has 214 valence electrons. The Labute approximate surface area is 251 Å². The zero-order valence-corrected chi connectivity index (χ0v) is 24.1. The Morgan fingerprint density at radius 3 is 2.48 bits per heavy atom. The number of anilines is 2.